The van der Waals surface area contributed by atoms with Gasteiger partial charge in [-0.3, -0.25) is 9.59 Å². The van der Waals surface area contributed by atoms with E-state index in [0.29, 0.717) is 11.8 Å². The highest BCUT2D eigenvalue weighted by Gasteiger charge is 2.27. The molecular weight excluding hydrogens is 194 g/mol. The highest BCUT2D eigenvalue weighted by Crippen LogP contribution is 2.27. The third-order valence-electron chi connectivity index (χ3n) is 3.26. The SMILES string of the molecule is CC(=O)N1CCC(CCC(=O)O)C(C)C1. The van der Waals surface area contributed by atoms with Crippen molar-refractivity contribution in [1.29, 1.82) is 0 Å². The van der Waals surface area contributed by atoms with Crippen LogP contribution in [0.3, 0.4) is 0 Å². The Bertz CT molecular complexity index is 252. The van der Waals surface area contributed by atoms with Crippen LogP contribution in [0.15, 0.2) is 0 Å². The molecule has 15 heavy (non-hydrogen) atoms. The average molecular weight is 213 g/mol. The molecule has 2 atom stereocenters. The van der Waals surface area contributed by atoms with Gasteiger partial charge in [0.2, 0.25) is 5.91 Å². The van der Waals surface area contributed by atoms with Crippen LogP contribution in [-0.2, 0) is 9.59 Å². The van der Waals surface area contributed by atoms with E-state index >= 15 is 0 Å². The van der Waals surface area contributed by atoms with Crippen molar-refractivity contribution in [3.8, 4) is 0 Å². The fourth-order valence-corrected chi connectivity index (χ4v) is 2.22. The molecule has 1 aliphatic heterocycles. The van der Waals surface area contributed by atoms with E-state index in [0.717, 1.165) is 25.9 Å². The third kappa shape index (κ3) is 3.53. The van der Waals surface area contributed by atoms with Crippen molar-refractivity contribution < 1.29 is 14.7 Å². The second-order valence-electron chi connectivity index (χ2n) is 4.42. The van der Waals surface area contributed by atoms with Crippen LogP contribution >= 0.6 is 0 Å². The largest absolute Gasteiger partial charge is 0.481 e. The minimum Gasteiger partial charge on any atom is -0.481 e. The average Bonchev–Trinajstić information content (AvgIpc) is 2.15. The Morgan fingerprint density at radius 3 is 2.60 bits per heavy atom. The zero-order valence-corrected chi connectivity index (χ0v) is 9.40. The lowest BCUT2D eigenvalue weighted by molar-refractivity contribution is -0.138. The molecule has 0 aliphatic carbocycles. The van der Waals surface area contributed by atoms with Crippen LogP contribution in [0, 0.1) is 11.8 Å². The molecule has 1 amide bonds. The van der Waals surface area contributed by atoms with Crippen molar-refractivity contribution in [2.45, 2.75) is 33.1 Å². The van der Waals surface area contributed by atoms with Crippen molar-refractivity contribution in [1.82, 2.24) is 4.90 Å². The lowest BCUT2D eigenvalue weighted by Gasteiger charge is -2.36. The summed E-state index contributed by atoms with van der Waals surface area (Å²) in [6.45, 7) is 5.25. The third-order valence-corrected chi connectivity index (χ3v) is 3.26. The topological polar surface area (TPSA) is 57.6 Å². The number of aliphatic carboxylic acids is 1. The molecule has 0 aromatic carbocycles. The highest BCUT2D eigenvalue weighted by molar-refractivity contribution is 5.73. The molecule has 1 heterocycles. The number of hydrogen-bond donors (Lipinski definition) is 1. The zero-order chi connectivity index (χ0) is 11.4. The number of piperidine rings is 1. The van der Waals surface area contributed by atoms with Crippen LogP contribution in [0.2, 0.25) is 0 Å². The smallest absolute Gasteiger partial charge is 0.303 e. The molecule has 0 aromatic heterocycles. The summed E-state index contributed by atoms with van der Waals surface area (Å²) in [6, 6.07) is 0. The minimum atomic E-state index is -0.726. The first-order valence-corrected chi connectivity index (χ1v) is 5.48. The first-order valence-electron chi connectivity index (χ1n) is 5.48. The molecule has 1 N–H and O–H groups in total. The van der Waals surface area contributed by atoms with Crippen molar-refractivity contribution >= 4 is 11.9 Å². The number of hydrogen-bond acceptors (Lipinski definition) is 2. The Morgan fingerprint density at radius 1 is 1.47 bits per heavy atom. The van der Waals surface area contributed by atoms with Crippen LogP contribution in [0.5, 0.6) is 0 Å². The van der Waals surface area contributed by atoms with Crippen molar-refractivity contribution in [3.05, 3.63) is 0 Å². The van der Waals surface area contributed by atoms with Gasteiger partial charge in [-0.1, -0.05) is 6.92 Å². The number of carboxylic acids is 1. The molecule has 0 bridgehead atoms. The number of carbonyl (C=O) groups is 2. The molecule has 1 fully saturated rings. The van der Waals surface area contributed by atoms with E-state index in [1.165, 1.54) is 0 Å². The lowest BCUT2D eigenvalue weighted by atomic mass is 9.83. The Labute approximate surface area is 90.3 Å². The summed E-state index contributed by atoms with van der Waals surface area (Å²) in [5.41, 5.74) is 0. The monoisotopic (exact) mass is 213 g/mol. The molecule has 1 saturated heterocycles. The second kappa shape index (κ2) is 5.14. The Kier molecular flexibility index (Phi) is 4.12. The molecule has 0 aromatic rings. The molecule has 2 unspecified atom stereocenters. The maximum atomic E-state index is 11.1. The molecule has 86 valence electrons. The minimum absolute atomic E-state index is 0.124. The van der Waals surface area contributed by atoms with E-state index in [9.17, 15) is 9.59 Å². The zero-order valence-electron chi connectivity index (χ0n) is 9.40. The van der Waals surface area contributed by atoms with Crippen molar-refractivity contribution in [2.75, 3.05) is 13.1 Å². The van der Waals surface area contributed by atoms with Crippen LogP contribution in [0.4, 0.5) is 0 Å². The standard InChI is InChI=1S/C11H19NO3/c1-8-7-12(9(2)13)6-5-10(8)3-4-11(14)15/h8,10H,3-7H2,1-2H3,(H,14,15). The predicted molar refractivity (Wildman–Crippen MR) is 56.4 cm³/mol. The highest BCUT2D eigenvalue weighted by atomic mass is 16.4. The van der Waals surface area contributed by atoms with Crippen molar-refractivity contribution in [2.24, 2.45) is 11.8 Å². The fraction of sp³-hybridized carbons (Fsp3) is 0.818. The van der Waals surface area contributed by atoms with Gasteiger partial charge in [0, 0.05) is 26.4 Å². The Hall–Kier alpha value is -1.06. The molecule has 4 nitrogen and oxygen atoms in total. The number of carbonyl (C=O) groups excluding carboxylic acids is 1. The van der Waals surface area contributed by atoms with E-state index in [2.05, 4.69) is 6.92 Å². The molecular formula is C11H19NO3. The summed E-state index contributed by atoms with van der Waals surface area (Å²) < 4.78 is 0. The maximum Gasteiger partial charge on any atom is 0.303 e. The summed E-state index contributed by atoms with van der Waals surface area (Å²) in [5, 5.41) is 8.61. The van der Waals surface area contributed by atoms with E-state index in [-0.39, 0.29) is 12.3 Å². The number of nitrogens with zero attached hydrogens (tertiary/aromatic N) is 1. The molecule has 1 rings (SSSR count). The number of carboxylic acid groups (broad SMARTS) is 1. The van der Waals surface area contributed by atoms with Gasteiger partial charge >= 0.3 is 5.97 Å². The quantitative estimate of drug-likeness (QED) is 0.770. The predicted octanol–water partition coefficient (Wildman–Crippen LogP) is 1.36. The van der Waals surface area contributed by atoms with Gasteiger partial charge in [0.1, 0.15) is 0 Å². The Balaban J connectivity index is 2.38. The van der Waals surface area contributed by atoms with E-state index in [4.69, 9.17) is 5.11 Å². The van der Waals surface area contributed by atoms with Gasteiger partial charge in [0.25, 0.3) is 0 Å². The van der Waals surface area contributed by atoms with Gasteiger partial charge in [-0.05, 0) is 24.7 Å². The summed E-state index contributed by atoms with van der Waals surface area (Å²) in [4.78, 5) is 23.5. The summed E-state index contributed by atoms with van der Waals surface area (Å²) in [5.74, 6) is 0.272. The van der Waals surface area contributed by atoms with E-state index in [1.807, 2.05) is 4.90 Å². The van der Waals surface area contributed by atoms with Gasteiger partial charge in [-0.15, -0.1) is 0 Å². The first-order chi connectivity index (χ1) is 7.00. The van der Waals surface area contributed by atoms with Gasteiger partial charge in [0.15, 0.2) is 0 Å². The van der Waals surface area contributed by atoms with Crippen LogP contribution in [-0.4, -0.2) is 35.0 Å². The molecule has 1 aliphatic rings. The molecule has 4 heteroatoms. The van der Waals surface area contributed by atoms with Gasteiger partial charge in [0.05, 0.1) is 0 Å². The number of likely N-dealkylation sites (tertiary alicyclic amines) is 1. The summed E-state index contributed by atoms with van der Waals surface area (Å²) in [6.07, 6.45) is 1.92. The van der Waals surface area contributed by atoms with Crippen LogP contribution < -0.4 is 0 Å². The lowest BCUT2D eigenvalue weighted by Crippen LogP contribution is -2.41. The fourth-order valence-electron chi connectivity index (χ4n) is 2.22. The summed E-state index contributed by atoms with van der Waals surface area (Å²) in [7, 11) is 0. The van der Waals surface area contributed by atoms with Crippen LogP contribution in [0.25, 0.3) is 0 Å². The summed E-state index contributed by atoms with van der Waals surface area (Å²) >= 11 is 0. The van der Waals surface area contributed by atoms with Gasteiger partial charge < -0.3 is 10.0 Å². The van der Waals surface area contributed by atoms with Gasteiger partial charge in [-0.25, -0.2) is 0 Å². The normalized spacial score (nSPS) is 26.4. The number of rotatable bonds is 3. The van der Waals surface area contributed by atoms with Crippen LogP contribution in [0.1, 0.15) is 33.1 Å². The van der Waals surface area contributed by atoms with Gasteiger partial charge in [-0.2, -0.15) is 0 Å². The first kappa shape index (κ1) is 12.0. The van der Waals surface area contributed by atoms with Crippen molar-refractivity contribution in [3.63, 3.8) is 0 Å². The van der Waals surface area contributed by atoms with E-state index < -0.39 is 5.97 Å². The Morgan fingerprint density at radius 2 is 2.13 bits per heavy atom. The van der Waals surface area contributed by atoms with E-state index in [1.54, 1.807) is 6.92 Å². The maximum absolute atomic E-state index is 11.1. The second-order valence-corrected chi connectivity index (χ2v) is 4.42. The molecule has 0 saturated carbocycles. The number of amides is 1. The molecule has 0 spiro atoms. The molecule has 0 radical (unpaired) electrons.